The van der Waals surface area contributed by atoms with Crippen molar-refractivity contribution in [1.82, 2.24) is 10.2 Å². The van der Waals surface area contributed by atoms with Gasteiger partial charge in [-0.3, -0.25) is 4.79 Å². The number of aliphatic hydroxyl groups excluding tert-OH is 1. The Bertz CT molecular complexity index is 1270. The number of amides is 2. The van der Waals surface area contributed by atoms with Crippen molar-refractivity contribution in [2.24, 2.45) is 33.0 Å². The molecule has 6 nitrogen and oxygen atoms in total. The maximum atomic E-state index is 12.9. The molecular formula is C34H48N2O4. The van der Waals surface area contributed by atoms with E-state index in [1.807, 2.05) is 11.8 Å². The zero-order valence-electron chi connectivity index (χ0n) is 25.4. The number of nitrogens with zero attached hydrogens (tertiary/aromatic N) is 1. The average Bonchev–Trinajstić information content (AvgIpc) is 2.94. The molecule has 3 saturated carbocycles. The van der Waals surface area contributed by atoms with Gasteiger partial charge < -0.3 is 20.1 Å². The molecule has 0 unspecified atom stereocenters. The summed E-state index contributed by atoms with van der Waals surface area (Å²) in [6.45, 7) is 17.5. The number of rotatable bonds is 2. The van der Waals surface area contributed by atoms with Gasteiger partial charge in [-0.1, -0.05) is 52.3 Å². The standard InChI is InChI=1S/C34H48N2O4/c1-22-23-7-8-26-32(4,24(23)19-25(37)28(22)38)12-14-34(6)27-20-30(2,9-10-31(27,3)11-13-33(26,34)5)21-35-29(39)36-15-17-40-18-16-36/h7-8,19,27,38H,9-18,20-21H2,1-6H3,(H,35,39)/t27-,30-,31-,32+,33-,34+/m1/s1. The normalized spacial score (nSPS) is 43.0. The summed E-state index contributed by atoms with van der Waals surface area (Å²) in [4.78, 5) is 27.6. The first-order valence-electron chi connectivity index (χ1n) is 15.5. The third kappa shape index (κ3) is 3.84. The predicted octanol–water partition coefficient (Wildman–Crippen LogP) is 6.65. The fourth-order valence-electron chi connectivity index (χ4n) is 9.85. The van der Waals surface area contributed by atoms with E-state index >= 15 is 0 Å². The van der Waals surface area contributed by atoms with Gasteiger partial charge in [-0.25, -0.2) is 4.79 Å². The minimum absolute atomic E-state index is 0.0164. The second-order valence-electron chi connectivity index (χ2n) is 15.1. The van der Waals surface area contributed by atoms with Crippen molar-refractivity contribution in [2.75, 3.05) is 32.8 Å². The highest BCUT2D eigenvalue weighted by molar-refractivity contribution is 6.06. The number of carbonyl (C=O) groups is 2. The number of morpholine rings is 1. The summed E-state index contributed by atoms with van der Waals surface area (Å²) in [6, 6.07) is 0.0478. The summed E-state index contributed by atoms with van der Waals surface area (Å²) in [7, 11) is 0. The van der Waals surface area contributed by atoms with Crippen LogP contribution in [0.15, 0.2) is 46.3 Å². The minimum Gasteiger partial charge on any atom is -0.504 e. The third-order valence-corrected chi connectivity index (χ3v) is 12.9. The van der Waals surface area contributed by atoms with E-state index in [9.17, 15) is 14.7 Å². The molecule has 2 N–H and O–H groups in total. The Morgan fingerprint density at radius 3 is 2.45 bits per heavy atom. The first kappa shape index (κ1) is 27.8. The molecule has 5 aliphatic carbocycles. The SMILES string of the molecule is CC1=C(O)C(=O)C=C2C1=CC=C1[C@@]2(C)CC[C@@]2(C)[C@@H]3C[C@](C)(CNC(=O)N4CCOCC4)CC[C@]3(C)CC[C@]12C. The van der Waals surface area contributed by atoms with Gasteiger partial charge in [-0.15, -0.1) is 0 Å². The number of ketones is 1. The Hall–Kier alpha value is -2.34. The summed E-state index contributed by atoms with van der Waals surface area (Å²) in [5.74, 6) is 0.184. The molecule has 0 bridgehead atoms. The van der Waals surface area contributed by atoms with E-state index < -0.39 is 0 Å². The van der Waals surface area contributed by atoms with Crippen molar-refractivity contribution in [3.8, 4) is 0 Å². The number of urea groups is 1. The fraction of sp³-hybridized carbons (Fsp3) is 0.706. The van der Waals surface area contributed by atoms with Gasteiger partial charge >= 0.3 is 6.03 Å². The second kappa shape index (κ2) is 9.08. The van der Waals surface area contributed by atoms with Crippen LogP contribution in [0.4, 0.5) is 4.79 Å². The minimum atomic E-state index is -0.260. The van der Waals surface area contributed by atoms with Crippen LogP contribution in [-0.4, -0.2) is 54.7 Å². The van der Waals surface area contributed by atoms with E-state index in [0.717, 1.165) is 49.8 Å². The van der Waals surface area contributed by atoms with Crippen LogP contribution in [-0.2, 0) is 9.53 Å². The molecule has 218 valence electrons. The molecule has 6 heteroatoms. The molecule has 0 radical (unpaired) electrons. The van der Waals surface area contributed by atoms with Crippen molar-refractivity contribution in [1.29, 1.82) is 0 Å². The summed E-state index contributed by atoms with van der Waals surface area (Å²) in [6.07, 6.45) is 14.2. The lowest BCUT2D eigenvalue weighted by Gasteiger charge is -2.70. The van der Waals surface area contributed by atoms with Crippen LogP contribution in [0.5, 0.6) is 0 Å². The van der Waals surface area contributed by atoms with Crippen molar-refractivity contribution in [2.45, 2.75) is 86.5 Å². The zero-order chi connectivity index (χ0) is 28.7. The Labute approximate surface area is 240 Å². The molecule has 0 aromatic heterocycles. The van der Waals surface area contributed by atoms with Crippen LogP contribution in [0.2, 0.25) is 0 Å². The molecular weight excluding hydrogens is 500 g/mol. The van der Waals surface area contributed by atoms with Crippen molar-refractivity contribution >= 4 is 11.8 Å². The highest BCUT2D eigenvalue weighted by atomic mass is 16.5. The highest BCUT2D eigenvalue weighted by Crippen LogP contribution is 2.75. The largest absolute Gasteiger partial charge is 0.504 e. The van der Waals surface area contributed by atoms with Gasteiger partial charge in [0.05, 0.1) is 13.2 Å². The number of nitrogens with one attached hydrogen (secondary N) is 1. The molecule has 0 spiro atoms. The quantitative estimate of drug-likeness (QED) is 0.405. The monoisotopic (exact) mass is 548 g/mol. The predicted molar refractivity (Wildman–Crippen MR) is 157 cm³/mol. The maximum absolute atomic E-state index is 12.9. The van der Waals surface area contributed by atoms with Crippen molar-refractivity contribution in [3.63, 3.8) is 0 Å². The first-order chi connectivity index (χ1) is 18.8. The van der Waals surface area contributed by atoms with Gasteiger partial charge in [0.2, 0.25) is 5.78 Å². The fourth-order valence-corrected chi connectivity index (χ4v) is 9.85. The number of ether oxygens (including phenoxy) is 1. The zero-order valence-corrected chi connectivity index (χ0v) is 25.4. The van der Waals surface area contributed by atoms with E-state index in [2.05, 4.69) is 52.1 Å². The molecule has 1 heterocycles. The van der Waals surface area contributed by atoms with Crippen molar-refractivity contribution < 1.29 is 19.4 Å². The summed E-state index contributed by atoms with van der Waals surface area (Å²) >= 11 is 0. The van der Waals surface area contributed by atoms with Crippen LogP contribution >= 0.6 is 0 Å². The summed E-state index contributed by atoms with van der Waals surface area (Å²) < 4.78 is 5.43. The van der Waals surface area contributed by atoms with E-state index in [4.69, 9.17) is 4.74 Å². The van der Waals surface area contributed by atoms with Crippen LogP contribution in [0.3, 0.4) is 0 Å². The number of hydrogen-bond acceptors (Lipinski definition) is 4. The molecule has 4 fully saturated rings. The Morgan fingerprint density at radius 2 is 1.73 bits per heavy atom. The van der Waals surface area contributed by atoms with Gasteiger partial charge in [-0.2, -0.15) is 0 Å². The lowest BCUT2D eigenvalue weighted by molar-refractivity contribution is -0.160. The molecule has 6 rings (SSSR count). The maximum Gasteiger partial charge on any atom is 0.317 e. The van der Waals surface area contributed by atoms with Gasteiger partial charge in [0.1, 0.15) is 0 Å². The first-order valence-corrected chi connectivity index (χ1v) is 15.5. The molecule has 6 aliphatic rings. The lowest BCUT2D eigenvalue weighted by Crippen LogP contribution is -2.62. The third-order valence-electron chi connectivity index (χ3n) is 12.9. The van der Waals surface area contributed by atoms with E-state index in [1.165, 1.54) is 18.4 Å². The number of allylic oxidation sites excluding steroid dienone is 7. The Balaban J connectivity index is 1.30. The topological polar surface area (TPSA) is 78.9 Å². The smallest absolute Gasteiger partial charge is 0.317 e. The van der Waals surface area contributed by atoms with E-state index in [0.29, 0.717) is 43.2 Å². The van der Waals surface area contributed by atoms with Crippen LogP contribution < -0.4 is 5.32 Å². The second-order valence-corrected chi connectivity index (χ2v) is 15.1. The van der Waals surface area contributed by atoms with Gasteiger partial charge in [-0.05, 0) is 96.7 Å². The highest BCUT2D eigenvalue weighted by Gasteiger charge is 2.66. The number of hydrogen-bond donors (Lipinski definition) is 2. The number of fused-ring (bicyclic) bond motifs is 7. The van der Waals surface area contributed by atoms with E-state index in [-0.39, 0.29) is 39.2 Å². The molecule has 6 atom stereocenters. The Kier molecular flexibility index (Phi) is 6.31. The van der Waals surface area contributed by atoms with Crippen LogP contribution in [0.1, 0.15) is 86.5 Å². The number of carbonyl (C=O) groups excluding carboxylic acids is 2. The molecule has 40 heavy (non-hydrogen) atoms. The summed E-state index contributed by atoms with van der Waals surface area (Å²) in [5, 5.41) is 13.7. The van der Waals surface area contributed by atoms with Gasteiger partial charge in [0, 0.05) is 30.6 Å². The molecule has 0 aromatic rings. The average molecular weight is 549 g/mol. The van der Waals surface area contributed by atoms with Gasteiger partial charge in [0.15, 0.2) is 5.76 Å². The van der Waals surface area contributed by atoms with Crippen LogP contribution in [0, 0.1) is 33.0 Å². The summed E-state index contributed by atoms with van der Waals surface area (Å²) in [5.41, 5.74) is 4.61. The Morgan fingerprint density at radius 1 is 1.02 bits per heavy atom. The van der Waals surface area contributed by atoms with E-state index in [1.54, 1.807) is 6.08 Å². The molecule has 0 aromatic carbocycles. The van der Waals surface area contributed by atoms with Crippen molar-refractivity contribution in [3.05, 3.63) is 46.3 Å². The van der Waals surface area contributed by atoms with Crippen LogP contribution in [0.25, 0.3) is 0 Å². The lowest BCUT2D eigenvalue weighted by atomic mass is 9.34. The molecule has 1 saturated heterocycles. The van der Waals surface area contributed by atoms with Gasteiger partial charge in [0.25, 0.3) is 0 Å². The number of aliphatic hydroxyl groups is 1. The molecule has 2 amide bonds. The molecule has 1 aliphatic heterocycles.